The third kappa shape index (κ3) is 1.79. The molecule has 0 atom stereocenters. The molecule has 2 aliphatic rings. The lowest BCUT2D eigenvalue weighted by Gasteiger charge is -2.22. The van der Waals surface area contributed by atoms with Crippen LogP contribution in [0.4, 0.5) is 0 Å². The number of ether oxygens (including phenoxy) is 2. The van der Waals surface area contributed by atoms with Crippen molar-refractivity contribution in [1.29, 1.82) is 0 Å². The van der Waals surface area contributed by atoms with Crippen molar-refractivity contribution in [1.82, 2.24) is 4.90 Å². The number of benzene rings is 1. The van der Waals surface area contributed by atoms with Crippen LogP contribution in [-0.2, 0) is 14.3 Å². The van der Waals surface area contributed by atoms with Crippen LogP contribution in [0.2, 0.25) is 0 Å². The largest absolute Gasteiger partial charge is 0.464 e. The highest BCUT2D eigenvalue weighted by molar-refractivity contribution is 6.14. The third-order valence-corrected chi connectivity index (χ3v) is 3.24. The van der Waals surface area contributed by atoms with E-state index in [0.29, 0.717) is 24.9 Å². The first-order valence-corrected chi connectivity index (χ1v) is 6.27. The molecule has 0 radical (unpaired) electrons. The molecule has 0 fully saturated rings. The molecular formula is C15H14N2O3. The highest BCUT2D eigenvalue weighted by Crippen LogP contribution is 2.21. The van der Waals surface area contributed by atoms with E-state index in [9.17, 15) is 4.79 Å². The summed E-state index contributed by atoms with van der Waals surface area (Å²) in [7, 11) is 1.37. The lowest BCUT2D eigenvalue weighted by atomic mass is 10.1. The Morgan fingerprint density at radius 1 is 1.45 bits per heavy atom. The van der Waals surface area contributed by atoms with E-state index >= 15 is 0 Å². The van der Waals surface area contributed by atoms with Gasteiger partial charge in [0.25, 0.3) is 6.02 Å². The van der Waals surface area contributed by atoms with Crippen molar-refractivity contribution in [2.24, 2.45) is 4.99 Å². The van der Waals surface area contributed by atoms with Crippen LogP contribution in [0, 0.1) is 0 Å². The zero-order chi connectivity index (χ0) is 14.1. The van der Waals surface area contributed by atoms with E-state index in [4.69, 9.17) is 9.47 Å². The average molecular weight is 270 g/mol. The molecular weight excluding hydrogens is 256 g/mol. The normalized spacial score (nSPS) is 15.7. The molecule has 0 spiro atoms. The maximum Gasteiger partial charge on any atom is 0.355 e. The fraction of sp³-hybridized carbons (Fsp3) is 0.200. The van der Waals surface area contributed by atoms with E-state index in [-0.39, 0.29) is 0 Å². The van der Waals surface area contributed by atoms with Gasteiger partial charge in [-0.2, -0.15) is 4.99 Å². The molecule has 0 N–H and O–H groups in total. The maximum atomic E-state index is 12.1. The minimum Gasteiger partial charge on any atom is -0.464 e. The van der Waals surface area contributed by atoms with Crippen molar-refractivity contribution in [3.05, 3.63) is 47.4 Å². The van der Waals surface area contributed by atoms with Crippen LogP contribution in [-0.4, -0.2) is 37.2 Å². The van der Waals surface area contributed by atoms with Crippen LogP contribution in [0.1, 0.15) is 0 Å². The number of esters is 1. The van der Waals surface area contributed by atoms with Gasteiger partial charge in [0.1, 0.15) is 12.3 Å². The van der Waals surface area contributed by atoms with Crippen molar-refractivity contribution in [2.45, 2.75) is 0 Å². The van der Waals surface area contributed by atoms with Gasteiger partial charge in [0.05, 0.1) is 19.4 Å². The second-order valence-corrected chi connectivity index (χ2v) is 4.41. The first-order chi connectivity index (χ1) is 9.76. The molecule has 0 saturated heterocycles. The van der Waals surface area contributed by atoms with Gasteiger partial charge in [-0.15, -0.1) is 0 Å². The molecule has 5 nitrogen and oxygen atoms in total. The number of rotatable bonds is 3. The van der Waals surface area contributed by atoms with Gasteiger partial charge in [0.2, 0.25) is 0 Å². The van der Waals surface area contributed by atoms with Crippen molar-refractivity contribution in [3.8, 4) is 0 Å². The van der Waals surface area contributed by atoms with E-state index in [1.807, 2.05) is 24.3 Å². The molecule has 2 bridgehead atoms. The molecule has 0 saturated carbocycles. The molecule has 2 heterocycles. The Balaban J connectivity index is 2.21. The summed E-state index contributed by atoms with van der Waals surface area (Å²) in [5.41, 5.74) is 1.36. The summed E-state index contributed by atoms with van der Waals surface area (Å²) in [6.45, 7) is 4.48. The van der Waals surface area contributed by atoms with Crippen LogP contribution in [0.25, 0.3) is 11.4 Å². The number of nitrogens with zero attached hydrogens (tertiary/aromatic N) is 2. The number of amidine groups is 1. The fourth-order valence-corrected chi connectivity index (χ4v) is 2.40. The predicted octanol–water partition coefficient (Wildman–Crippen LogP) is -0.0362. The Kier molecular flexibility index (Phi) is 3.02. The first kappa shape index (κ1) is 12.5. The molecule has 0 amide bonds. The number of methoxy groups -OCH3 is 1. The van der Waals surface area contributed by atoms with E-state index in [1.54, 1.807) is 11.0 Å². The van der Waals surface area contributed by atoms with E-state index in [0.717, 1.165) is 16.1 Å². The van der Waals surface area contributed by atoms with Crippen LogP contribution in [0.5, 0.6) is 0 Å². The number of carbonyl (C=O) groups is 1. The van der Waals surface area contributed by atoms with Gasteiger partial charge in [-0.3, -0.25) is 4.90 Å². The number of fused-ring (bicyclic) bond motifs is 3. The van der Waals surface area contributed by atoms with Gasteiger partial charge >= 0.3 is 5.97 Å². The second-order valence-electron chi connectivity index (χ2n) is 4.41. The van der Waals surface area contributed by atoms with Crippen LogP contribution >= 0.6 is 0 Å². The molecule has 0 aliphatic carbocycles. The monoisotopic (exact) mass is 270 g/mol. The molecule has 2 aliphatic heterocycles. The van der Waals surface area contributed by atoms with E-state index < -0.39 is 5.97 Å². The lowest BCUT2D eigenvalue weighted by molar-refractivity contribution is -0.134. The van der Waals surface area contributed by atoms with Crippen molar-refractivity contribution in [2.75, 3.05) is 20.3 Å². The summed E-state index contributed by atoms with van der Waals surface area (Å²) < 4.78 is 10.4. The van der Waals surface area contributed by atoms with Crippen molar-refractivity contribution >= 4 is 23.4 Å². The summed E-state index contributed by atoms with van der Waals surface area (Å²) >= 11 is 0. The Bertz CT molecular complexity index is 734. The molecule has 5 heteroatoms. The van der Waals surface area contributed by atoms with Gasteiger partial charge in [-0.05, 0) is 0 Å². The minimum absolute atomic E-state index is 0.341. The standard InChI is InChI=1S/C15H14N2O3/c1-3-8-20-15-16-12-9-17(15)13(14(18)19-2)11-7-5-4-6-10(11)12/h3-7H,1,8-9H2,2H3. The minimum atomic E-state index is -0.395. The summed E-state index contributed by atoms with van der Waals surface area (Å²) in [6, 6.07) is 8.06. The van der Waals surface area contributed by atoms with Crippen molar-refractivity contribution < 1.29 is 14.3 Å². The van der Waals surface area contributed by atoms with Crippen LogP contribution in [0.15, 0.2) is 41.9 Å². The summed E-state index contributed by atoms with van der Waals surface area (Å²) in [5, 5.41) is 1.77. The van der Waals surface area contributed by atoms with Gasteiger partial charge in [0, 0.05) is 10.4 Å². The summed E-state index contributed by atoms with van der Waals surface area (Å²) in [5.74, 6) is -0.395. The highest BCUT2D eigenvalue weighted by Gasteiger charge is 2.33. The third-order valence-electron chi connectivity index (χ3n) is 3.24. The van der Waals surface area contributed by atoms with Gasteiger partial charge < -0.3 is 9.47 Å². The quantitative estimate of drug-likeness (QED) is 0.571. The molecule has 3 rings (SSSR count). The summed E-state index contributed by atoms with van der Waals surface area (Å²) in [4.78, 5) is 18.3. The number of carbonyl (C=O) groups excluding carboxylic acids is 1. The Labute approximate surface area is 116 Å². The fourth-order valence-electron chi connectivity index (χ4n) is 2.40. The first-order valence-electron chi connectivity index (χ1n) is 6.27. The Hall–Kier alpha value is -2.56. The number of hydrogen-bond acceptors (Lipinski definition) is 5. The number of aliphatic imine (C=N–C) groups is 1. The SMILES string of the molecule is C=CCOC1=NC2=c3ccccc3=C(C(=O)OC)N1C2. The Morgan fingerprint density at radius 2 is 2.20 bits per heavy atom. The highest BCUT2D eigenvalue weighted by atomic mass is 16.5. The number of hydrogen-bond donors (Lipinski definition) is 0. The van der Waals surface area contributed by atoms with Crippen molar-refractivity contribution in [3.63, 3.8) is 0 Å². The molecule has 1 aromatic rings. The molecule has 0 aromatic heterocycles. The summed E-state index contributed by atoms with van der Waals surface area (Å²) in [6.07, 6.45) is 1.64. The second kappa shape index (κ2) is 4.85. The Morgan fingerprint density at radius 3 is 2.90 bits per heavy atom. The van der Waals surface area contributed by atoms with Crippen LogP contribution < -0.4 is 10.4 Å². The van der Waals surface area contributed by atoms with E-state index in [2.05, 4.69) is 11.6 Å². The predicted molar refractivity (Wildman–Crippen MR) is 74.8 cm³/mol. The molecule has 0 unspecified atom stereocenters. The van der Waals surface area contributed by atoms with Crippen LogP contribution in [0.3, 0.4) is 0 Å². The van der Waals surface area contributed by atoms with Gasteiger partial charge in [-0.1, -0.05) is 36.9 Å². The smallest absolute Gasteiger partial charge is 0.355 e. The lowest BCUT2D eigenvalue weighted by Crippen LogP contribution is -2.44. The average Bonchev–Trinajstić information content (AvgIpc) is 2.84. The van der Waals surface area contributed by atoms with Gasteiger partial charge in [0.15, 0.2) is 0 Å². The molecule has 20 heavy (non-hydrogen) atoms. The topological polar surface area (TPSA) is 51.1 Å². The van der Waals surface area contributed by atoms with E-state index in [1.165, 1.54) is 7.11 Å². The molecule has 102 valence electrons. The zero-order valence-electron chi connectivity index (χ0n) is 11.1. The zero-order valence-corrected chi connectivity index (χ0v) is 11.1. The maximum absolute atomic E-state index is 12.1. The molecule has 1 aromatic carbocycles. The van der Waals surface area contributed by atoms with Gasteiger partial charge in [-0.25, -0.2) is 4.79 Å².